The van der Waals surface area contributed by atoms with Crippen molar-refractivity contribution in [2.75, 3.05) is 31.9 Å². The molecule has 0 radical (unpaired) electrons. The van der Waals surface area contributed by atoms with Gasteiger partial charge in [-0.3, -0.25) is 0 Å². The molecule has 1 aromatic rings. The van der Waals surface area contributed by atoms with E-state index in [2.05, 4.69) is 0 Å². The van der Waals surface area contributed by atoms with Crippen LogP contribution in [-0.4, -0.2) is 57.4 Å². The summed E-state index contributed by atoms with van der Waals surface area (Å²) < 4.78 is 50.7. The van der Waals surface area contributed by atoms with Crippen molar-refractivity contribution in [3.63, 3.8) is 0 Å². The van der Waals surface area contributed by atoms with Crippen molar-refractivity contribution < 1.29 is 16.8 Å². The van der Waals surface area contributed by atoms with E-state index in [0.717, 1.165) is 4.31 Å². The van der Waals surface area contributed by atoms with Crippen molar-refractivity contribution in [1.82, 2.24) is 8.61 Å². The zero-order valence-corrected chi connectivity index (χ0v) is 12.8. The molecule has 7 nitrogen and oxygen atoms in total. The molecule has 1 aliphatic rings. The lowest BCUT2D eigenvalue weighted by Gasteiger charge is -2.32. The van der Waals surface area contributed by atoms with Gasteiger partial charge >= 0.3 is 0 Å². The fourth-order valence-corrected chi connectivity index (χ4v) is 4.61. The minimum atomic E-state index is -3.62. The van der Waals surface area contributed by atoms with Crippen LogP contribution in [0.1, 0.15) is 0 Å². The second-order valence-electron chi connectivity index (χ2n) is 4.53. The summed E-state index contributed by atoms with van der Waals surface area (Å²) in [5.74, 6) is -0.585. The van der Waals surface area contributed by atoms with Gasteiger partial charge in [-0.25, -0.2) is 16.8 Å². The number of nitrogens with zero attached hydrogens (tertiary/aromatic N) is 3. The fourth-order valence-electron chi connectivity index (χ4n) is 2.10. The highest BCUT2D eigenvalue weighted by molar-refractivity contribution is 7.89. The summed E-state index contributed by atoms with van der Waals surface area (Å²) in [5.41, 5.74) is 0. The molecule has 21 heavy (non-hydrogen) atoms. The van der Waals surface area contributed by atoms with E-state index in [0.29, 0.717) is 0 Å². The third-order valence-electron chi connectivity index (χ3n) is 3.22. The summed E-state index contributed by atoms with van der Waals surface area (Å²) in [6.45, 7) is 0.302. The first-order valence-corrected chi connectivity index (χ1v) is 9.33. The van der Waals surface area contributed by atoms with Crippen LogP contribution in [0.5, 0.6) is 0 Å². The first kappa shape index (κ1) is 15.9. The van der Waals surface area contributed by atoms with Gasteiger partial charge in [-0.2, -0.15) is 13.9 Å². The van der Waals surface area contributed by atoms with Crippen molar-refractivity contribution in [1.29, 1.82) is 5.26 Å². The highest BCUT2D eigenvalue weighted by Crippen LogP contribution is 2.18. The summed E-state index contributed by atoms with van der Waals surface area (Å²) in [6, 6.07) is 9.63. The topological polar surface area (TPSA) is 98.5 Å². The average Bonchev–Trinajstić information content (AvgIpc) is 2.48. The molecule has 0 atom stereocenters. The van der Waals surface area contributed by atoms with Gasteiger partial charge in [-0.1, -0.05) is 18.2 Å². The molecular weight excluding hydrogens is 314 g/mol. The van der Waals surface area contributed by atoms with Gasteiger partial charge in [0, 0.05) is 26.2 Å². The van der Waals surface area contributed by atoms with Crippen molar-refractivity contribution in [3.8, 4) is 6.07 Å². The normalized spacial score (nSPS) is 18.2. The van der Waals surface area contributed by atoms with Crippen LogP contribution < -0.4 is 0 Å². The molecular formula is C12H15N3O4S2. The lowest BCUT2D eigenvalue weighted by Crippen LogP contribution is -2.50. The summed E-state index contributed by atoms with van der Waals surface area (Å²) in [4.78, 5) is 0.193. The molecule has 0 aliphatic carbocycles. The van der Waals surface area contributed by atoms with E-state index in [9.17, 15) is 16.8 Å². The number of rotatable bonds is 4. The minimum absolute atomic E-state index is 0.0656. The zero-order valence-electron chi connectivity index (χ0n) is 11.2. The van der Waals surface area contributed by atoms with Crippen LogP contribution in [0.3, 0.4) is 0 Å². The van der Waals surface area contributed by atoms with Crippen LogP contribution in [0.4, 0.5) is 0 Å². The van der Waals surface area contributed by atoms with E-state index in [1.54, 1.807) is 24.3 Å². The van der Waals surface area contributed by atoms with Gasteiger partial charge in [0.05, 0.1) is 11.0 Å². The first-order chi connectivity index (χ1) is 9.88. The lowest BCUT2D eigenvalue weighted by atomic mass is 10.4. The van der Waals surface area contributed by atoms with E-state index >= 15 is 0 Å². The Labute approximate surface area is 124 Å². The molecule has 0 unspecified atom stereocenters. The van der Waals surface area contributed by atoms with E-state index in [1.807, 2.05) is 0 Å². The van der Waals surface area contributed by atoms with E-state index < -0.39 is 25.8 Å². The van der Waals surface area contributed by atoms with Crippen LogP contribution in [-0.2, 0) is 20.0 Å². The largest absolute Gasteiger partial charge is 0.243 e. The number of piperazine rings is 1. The van der Waals surface area contributed by atoms with Crippen LogP contribution >= 0.6 is 0 Å². The summed E-state index contributed by atoms with van der Waals surface area (Å²) in [7, 11) is -7.21. The Bertz CT molecular complexity index is 730. The smallest absolute Gasteiger partial charge is 0.211 e. The van der Waals surface area contributed by atoms with E-state index in [1.165, 1.54) is 16.4 Å². The van der Waals surface area contributed by atoms with Crippen LogP contribution in [0.15, 0.2) is 35.2 Å². The van der Waals surface area contributed by atoms with Crippen molar-refractivity contribution in [3.05, 3.63) is 30.3 Å². The minimum Gasteiger partial charge on any atom is -0.211 e. The van der Waals surface area contributed by atoms with Crippen molar-refractivity contribution >= 4 is 20.0 Å². The van der Waals surface area contributed by atoms with Crippen molar-refractivity contribution in [2.45, 2.75) is 4.90 Å². The molecule has 2 rings (SSSR count). The van der Waals surface area contributed by atoms with Gasteiger partial charge in [-0.15, -0.1) is 0 Å². The number of hydrogen-bond donors (Lipinski definition) is 0. The Kier molecular flexibility index (Phi) is 4.63. The molecule has 1 aromatic carbocycles. The fraction of sp³-hybridized carbons (Fsp3) is 0.417. The summed E-state index contributed by atoms with van der Waals surface area (Å²) >= 11 is 0. The lowest BCUT2D eigenvalue weighted by molar-refractivity contribution is 0.273. The van der Waals surface area contributed by atoms with Gasteiger partial charge in [0.2, 0.25) is 20.0 Å². The predicted molar refractivity (Wildman–Crippen MR) is 76.2 cm³/mol. The predicted octanol–water partition coefficient (Wildman–Crippen LogP) is -0.154. The quantitative estimate of drug-likeness (QED) is 0.765. The Morgan fingerprint density at radius 1 is 0.952 bits per heavy atom. The number of nitriles is 1. The average molecular weight is 329 g/mol. The summed E-state index contributed by atoms with van der Waals surface area (Å²) in [5, 5.41) is 8.50. The van der Waals surface area contributed by atoms with E-state index in [-0.39, 0.29) is 31.1 Å². The van der Waals surface area contributed by atoms with Crippen LogP contribution in [0.2, 0.25) is 0 Å². The Morgan fingerprint density at radius 2 is 1.48 bits per heavy atom. The maximum absolute atomic E-state index is 12.4. The standard InChI is InChI=1S/C12H15N3O4S2/c13-6-11-20(16,17)14-7-9-15(10-8-14)21(18,19)12-4-2-1-3-5-12/h1-5H,7-11H2. The second-order valence-corrected chi connectivity index (χ2v) is 8.44. The molecule has 1 fully saturated rings. The van der Waals surface area contributed by atoms with Gasteiger partial charge < -0.3 is 0 Å². The maximum Gasteiger partial charge on any atom is 0.243 e. The Hall–Kier alpha value is -1.47. The Balaban J connectivity index is 2.10. The third-order valence-corrected chi connectivity index (χ3v) is 6.78. The SMILES string of the molecule is N#CCS(=O)(=O)N1CCN(S(=O)(=O)c2ccccc2)CC1. The molecule has 0 spiro atoms. The van der Waals surface area contributed by atoms with Gasteiger partial charge in [-0.05, 0) is 12.1 Å². The van der Waals surface area contributed by atoms with Gasteiger partial charge in [0.25, 0.3) is 0 Å². The van der Waals surface area contributed by atoms with Gasteiger partial charge in [0.1, 0.15) is 0 Å². The highest BCUT2D eigenvalue weighted by Gasteiger charge is 2.32. The molecule has 1 aliphatic heterocycles. The summed E-state index contributed by atoms with van der Waals surface area (Å²) in [6.07, 6.45) is 0. The molecule has 0 saturated carbocycles. The third kappa shape index (κ3) is 3.41. The van der Waals surface area contributed by atoms with Crippen LogP contribution in [0, 0.1) is 11.3 Å². The molecule has 1 saturated heterocycles. The molecule has 0 aromatic heterocycles. The highest BCUT2D eigenvalue weighted by atomic mass is 32.2. The monoisotopic (exact) mass is 329 g/mol. The maximum atomic E-state index is 12.4. The molecule has 0 bridgehead atoms. The molecule has 9 heteroatoms. The second kappa shape index (κ2) is 6.11. The number of benzene rings is 1. The zero-order chi connectivity index (χ0) is 15.5. The number of hydrogen-bond acceptors (Lipinski definition) is 5. The van der Waals surface area contributed by atoms with E-state index in [4.69, 9.17) is 5.26 Å². The number of sulfonamides is 2. The van der Waals surface area contributed by atoms with Crippen molar-refractivity contribution in [2.24, 2.45) is 0 Å². The van der Waals surface area contributed by atoms with Gasteiger partial charge in [0.15, 0.2) is 5.75 Å². The first-order valence-electron chi connectivity index (χ1n) is 6.28. The van der Waals surface area contributed by atoms with Crippen LogP contribution in [0.25, 0.3) is 0 Å². The molecule has 0 amide bonds. The molecule has 114 valence electrons. The Morgan fingerprint density at radius 3 is 2.00 bits per heavy atom. The molecule has 1 heterocycles. The molecule has 0 N–H and O–H groups in total.